The molecule has 0 saturated carbocycles. The number of nitrogens with one attached hydrogen (secondary N) is 1. The Morgan fingerprint density at radius 1 is 1.35 bits per heavy atom. The van der Waals surface area contributed by atoms with E-state index in [1.807, 2.05) is 41.8 Å². The summed E-state index contributed by atoms with van der Waals surface area (Å²) >= 11 is 1.37. The van der Waals surface area contributed by atoms with Crippen molar-refractivity contribution >= 4 is 17.2 Å². The molecule has 0 aliphatic carbocycles. The number of hydrogen-bond acceptors (Lipinski definition) is 4. The van der Waals surface area contributed by atoms with Gasteiger partial charge in [0.15, 0.2) is 0 Å². The van der Waals surface area contributed by atoms with Gasteiger partial charge in [-0.2, -0.15) is 0 Å². The molecule has 0 radical (unpaired) electrons. The number of methoxy groups -OCH3 is 1. The predicted octanol–water partition coefficient (Wildman–Crippen LogP) is 2.36. The molecule has 0 bridgehead atoms. The number of aliphatic hydroxyl groups is 1. The molecule has 1 aromatic carbocycles. The Hall–Kier alpha value is -1.69. The van der Waals surface area contributed by atoms with Gasteiger partial charge in [0, 0.05) is 12.7 Å². The minimum atomic E-state index is -0.402. The Balaban J connectivity index is 2.11. The van der Waals surface area contributed by atoms with Gasteiger partial charge in [0.05, 0.1) is 24.1 Å². The van der Waals surface area contributed by atoms with E-state index in [0.717, 1.165) is 11.1 Å². The first-order chi connectivity index (χ1) is 9.76. The van der Waals surface area contributed by atoms with Crippen molar-refractivity contribution in [2.45, 2.75) is 12.6 Å². The van der Waals surface area contributed by atoms with Crippen LogP contribution in [0, 0.1) is 0 Å². The molecule has 1 aromatic heterocycles. The highest BCUT2D eigenvalue weighted by Gasteiger charge is 2.18. The molecule has 0 unspecified atom stereocenters. The van der Waals surface area contributed by atoms with E-state index in [1.54, 1.807) is 7.11 Å². The average molecular weight is 291 g/mol. The van der Waals surface area contributed by atoms with Gasteiger partial charge in [-0.25, -0.2) is 0 Å². The lowest BCUT2D eigenvalue weighted by atomic mass is 10.1. The highest BCUT2D eigenvalue weighted by molar-refractivity contribution is 7.12. The van der Waals surface area contributed by atoms with Crippen LogP contribution in [0.4, 0.5) is 0 Å². The Morgan fingerprint density at radius 2 is 2.10 bits per heavy atom. The van der Waals surface area contributed by atoms with Crippen molar-refractivity contribution in [1.82, 2.24) is 5.32 Å². The number of amides is 1. The molecule has 20 heavy (non-hydrogen) atoms. The summed E-state index contributed by atoms with van der Waals surface area (Å²) in [5.41, 5.74) is 1.74. The maximum absolute atomic E-state index is 12.3. The summed E-state index contributed by atoms with van der Waals surface area (Å²) in [4.78, 5) is 12.9. The topological polar surface area (TPSA) is 58.6 Å². The van der Waals surface area contributed by atoms with E-state index in [0.29, 0.717) is 11.5 Å². The summed E-state index contributed by atoms with van der Waals surface area (Å²) in [6.45, 7) is 0.266. The van der Waals surface area contributed by atoms with E-state index in [2.05, 4.69) is 5.32 Å². The number of carbonyl (C=O) groups excluding carboxylic acids is 1. The van der Waals surface area contributed by atoms with Gasteiger partial charge in [0.25, 0.3) is 5.91 Å². The van der Waals surface area contributed by atoms with Crippen LogP contribution >= 0.6 is 11.3 Å². The van der Waals surface area contributed by atoms with Gasteiger partial charge in [-0.15, -0.1) is 11.3 Å². The minimum absolute atomic E-state index is 0.138. The lowest BCUT2D eigenvalue weighted by Crippen LogP contribution is -2.30. The maximum atomic E-state index is 12.3. The quantitative estimate of drug-likeness (QED) is 0.859. The molecule has 0 saturated heterocycles. The second-order valence-corrected chi connectivity index (χ2v) is 5.24. The molecule has 1 heterocycles. The van der Waals surface area contributed by atoms with Crippen LogP contribution in [0.1, 0.15) is 26.8 Å². The third-order valence-corrected chi connectivity index (χ3v) is 3.90. The Kier molecular flexibility index (Phi) is 5.29. The van der Waals surface area contributed by atoms with Crippen LogP contribution in [0.2, 0.25) is 0 Å². The van der Waals surface area contributed by atoms with Crippen LogP contribution < -0.4 is 5.32 Å². The number of aliphatic hydroxyl groups excluding tert-OH is 1. The second kappa shape index (κ2) is 7.19. The van der Waals surface area contributed by atoms with Crippen LogP contribution in [0.3, 0.4) is 0 Å². The van der Waals surface area contributed by atoms with Gasteiger partial charge in [-0.05, 0) is 17.0 Å². The summed E-state index contributed by atoms with van der Waals surface area (Å²) in [7, 11) is 1.60. The highest BCUT2D eigenvalue weighted by atomic mass is 32.1. The molecule has 5 heteroatoms. The molecule has 0 aliphatic heterocycles. The lowest BCUT2D eigenvalue weighted by molar-refractivity contribution is 0.0916. The Bertz CT molecular complexity index is 553. The third kappa shape index (κ3) is 3.45. The zero-order valence-corrected chi connectivity index (χ0v) is 12.0. The second-order valence-electron chi connectivity index (χ2n) is 4.33. The van der Waals surface area contributed by atoms with Crippen molar-refractivity contribution in [2.75, 3.05) is 13.7 Å². The molecule has 1 amide bonds. The lowest BCUT2D eigenvalue weighted by Gasteiger charge is -2.16. The summed E-state index contributed by atoms with van der Waals surface area (Å²) in [5.74, 6) is -0.185. The van der Waals surface area contributed by atoms with E-state index in [-0.39, 0.29) is 12.5 Å². The van der Waals surface area contributed by atoms with Crippen LogP contribution in [0.5, 0.6) is 0 Å². The fraction of sp³-hybridized carbons (Fsp3) is 0.267. The number of ether oxygens (including phenoxy) is 1. The molecule has 106 valence electrons. The standard InChI is InChI=1S/C15H17NO3S/c1-19-10-12-7-8-20-14(12)15(18)16-13(9-17)11-5-3-2-4-6-11/h2-8,13,17H,9-10H2,1H3,(H,16,18)/t13-/m1/s1. The molecule has 1 atom stereocenters. The fourth-order valence-corrected chi connectivity index (χ4v) is 2.76. The fourth-order valence-electron chi connectivity index (χ4n) is 1.95. The third-order valence-electron chi connectivity index (χ3n) is 2.94. The van der Waals surface area contributed by atoms with Crippen molar-refractivity contribution in [2.24, 2.45) is 0 Å². The van der Waals surface area contributed by atoms with Gasteiger partial charge >= 0.3 is 0 Å². The van der Waals surface area contributed by atoms with Crippen LogP contribution in [-0.4, -0.2) is 24.7 Å². The van der Waals surface area contributed by atoms with Gasteiger partial charge < -0.3 is 15.2 Å². The van der Waals surface area contributed by atoms with Crippen molar-refractivity contribution in [3.8, 4) is 0 Å². The molecule has 4 nitrogen and oxygen atoms in total. The van der Waals surface area contributed by atoms with Crippen LogP contribution in [-0.2, 0) is 11.3 Å². The molecular weight excluding hydrogens is 274 g/mol. The van der Waals surface area contributed by atoms with Crippen LogP contribution in [0.25, 0.3) is 0 Å². The number of rotatable bonds is 6. The van der Waals surface area contributed by atoms with Crippen molar-refractivity contribution < 1.29 is 14.6 Å². The zero-order chi connectivity index (χ0) is 14.4. The average Bonchev–Trinajstić information content (AvgIpc) is 2.94. The maximum Gasteiger partial charge on any atom is 0.262 e. The van der Waals surface area contributed by atoms with Gasteiger partial charge in [0.2, 0.25) is 0 Å². The van der Waals surface area contributed by atoms with E-state index in [4.69, 9.17) is 4.74 Å². The molecule has 2 N–H and O–H groups in total. The smallest absolute Gasteiger partial charge is 0.262 e. The first-order valence-corrected chi connectivity index (χ1v) is 7.16. The largest absolute Gasteiger partial charge is 0.394 e. The van der Waals surface area contributed by atoms with Crippen LogP contribution in [0.15, 0.2) is 41.8 Å². The summed E-state index contributed by atoms with van der Waals surface area (Å²) in [6.07, 6.45) is 0. The minimum Gasteiger partial charge on any atom is -0.394 e. The van der Waals surface area contributed by atoms with Gasteiger partial charge in [-0.3, -0.25) is 4.79 Å². The number of thiophene rings is 1. The SMILES string of the molecule is COCc1ccsc1C(=O)N[C@H](CO)c1ccccc1. The summed E-state index contributed by atoms with van der Waals surface area (Å²) in [5, 5.41) is 14.2. The van der Waals surface area contributed by atoms with E-state index in [9.17, 15) is 9.90 Å². The number of hydrogen-bond donors (Lipinski definition) is 2. The summed E-state index contributed by atoms with van der Waals surface area (Å²) < 4.78 is 5.07. The highest BCUT2D eigenvalue weighted by Crippen LogP contribution is 2.19. The van der Waals surface area contributed by atoms with Crippen molar-refractivity contribution in [3.63, 3.8) is 0 Å². The summed E-state index contributed by atoms with van der Waals surface area (Å²) in [6, 6.07) is 10.9. The first kappa shape index (κ1) is 14.7. The van der Waals surface area contributed by atoms with Gasteiger partial charge in [0.1, 0.15) is 0 Å². The van der Waals surface area contributed by atoms with Crippen molar-refractivity contribution in [1.29, 1.82) is 0 Å². The normalized spacial score (nSPS) is 12.1. The van der Waals surface area contributed by atoms with E-state index >= 15 is 0 Å². The molecular formula is C15H17NO3S. The molecule has 2 aromatic rings. The molecule has 2 rings (SSSR count). The number of carbonyl (C=O) groups is 1. The Labute approximate surface area is 122 Å². The monoisotopic (exact) mass is 291 g/mol. The number of benzene rings is 1. The molecule has 0 spiro atoms. The first-order valence-electron chi connectivity index (χ1n) is 6.28. The van der Waals surface area contributed by atoms with Crippen molar-refractivity contribution in [3.05, 3.63) is 57.8 Å². The molecule has 0 fully saturated rings. The molecule has 0 aliphatic rings. The predicted molar refractivity (Wildman–Crippen MR) is 78.8 cm³/mol. The van der Waals surface area contributed by atoms with E-state index in [1.165, 1.54) is 11.3 Å². The van der Waals surface area contributed by atoms with E-state index < -0.39 is 6.04 Å². The van der Waals surface area contributed by atoms with Gasteiger partial charge in [-0.1, -0.05) is 30.3 Å². The zero-order valence-electron chi connectivity index (χ0n) is 11.2. The Morgan fingerprint density at radius 3 is 2.75 bits per heavy atom.